The number of halogens is 1. The maximum absolute atomic E-state index is 13.8. The van der Waals surface area contributed by atoms with E-state index in [9.17, 15) is 4.39 Å². The molecule has 100 valence electrons. The molecule has 1 saturated heterocycles. The molecule has 0 spiro atoms. The highest BCUT2D eigenvalue weighted by Gasteiger charge is 2.33. The van der Waals surface area contributed by atoms with Gasteiger partial charge in [-0.15, -0.1) is 0 Å². The van der Waals surface area contributed by atoms with Crippen molar-refractivity contribution in [1.29, 1.82) is 0 Å². The van der Waals surface area contributed by atoms with Crippen LogP contribution in [0.1, 0.15) is 45.3 Å². The van der Waals surface area contributed by atoms with Crippen LogP contribution in [0.2, 0.25) is 0 Å². The van der Waals surface area contributed by atoms with Crippen molar-refractivity contribution in [2.75, 3.05) is 6.61 Å². The van der Waals surface area contributed by atoms with E-state index in [1.807, 2.05) is 12.1 Å². The van der Waals surface area contributed by atoms with Crippen LogP contribution in [0.5, 0.6) is 0 Å². The summed E-state index contributed by atoms with van der Waals surface area (Å²) in [5, 5.41) is 3.59. The molecule has 1 aliphatic heterocycles. The van der Waals surface area contributed by atoms with Crippen LogP contribution in [0.4, 0.5) is 4.39 Å². The maximum atomic E-state index is 13.8. The Hall–Kier alpha value is -0.930. The summed E-state index contributed by atoms with van der Waals surface area (Å²) in [4.78, 5) is 0. The van der Waals surface area contributed by atoms with Gasteiger partial charge in [-0.1, -0.05) is 25.1 Å². The molecule has 18 heavy (non-hydrogen) atoms. The van der Waals surface area contributed by atoms with E-state index in [0.29, 0.717) is 12.2 Å². The van der Waals surface area contributed by atoms with Crippen molar-refractivity contribution in [2.45, 2.75) is 51.3 Å². The van der Waals surface area contributed by atoms with Crippen LogP contribution >= 0.6 is 0 Å². The molecule has 2 nitrogen and oxygen atoms in total. The Morgan fingerprint density at radius 1 is 1.44 bits per heavy atom. The first kappa shape index (κ1) is 13.5. The second kappa shape index (κ2) is 5.37. The van der Waals surface area contributed by atoms with Gasteiger partial charge in [0, 0.05) is 23.8 Å². The van der Waals surface area contributed by atoms with E-state index in [4.69, 9.17) is 4.74 Å². The van der Waals surface area contributed by atoms with E-state index >= 15 is 0 Å². The molecule has 1 heterocycles. The minimum atomic E-state index is -0.209. The van der Waals surface area contributed by atoms with Crippen molar-refractivity contribution < 1.29 is 9.13 Å². The Bertz CT molecular complexity index is 409. The zero-order valence-electron chi connectivity index (χ0n) is 11.4. The normalized spacial score (nSPS) is 33.1. The maximum Gasteiger partial charge on any atom is 0.129 e. The van der Waals surface area contributed by atoms with Crippen molar-refractivity contribution in [3.05, 3.63) is 35.6 Å². The first-order valence-electron chi connectivity index (χ1n) is 6.69. The van der Waals surface area contributed by atoms with E-state index in [1.165, 1.54) is 6.07 Å². The molecule has 0 amide bonds. The highest BCUT2D eigenvalue weighted by atomic mass is 19.1. The standard InChI is InChI=1S/C15H22FNO/c1-4-15(3)9-10-18-14(11(2)17-15)12-7-5-6-8-13(12)16/h5-8,11,14,17H,4,9-10H2,1-3H3. The molecule has 1 fully saturated rings. The first-order chi connectivity index (χ1) is 8.56. The summed E-state index contributed by atoms with van der Waals surface area (Å²) in [6.07, 6.45) is 1.79. The van der Waals surface area contributed by atoms with Gasteiger partial charge < -0.3 is 10.1 Å². The zero-order valence-corrected chi connectivity index (χ0v) is 11.4. The lowest BCUT2D eigenvalue weighted by atomic mass is 9.93. The Balaban J connectivity index is 2.22. The lowest BCUT2D eigenvalue weighted by Gasteiger charge is -2.31. The first-order valence-corrected chi connectivity index (χ1v) is 6.69. The average molecular weight is 251 g/mol. The number of hydrogen-bond donors (Lipinski definition) is 1. The van der Waals surface area contributed by atoms with Gasteiger partial charge in [0.05, 0.1) is 0 Å². The Morgan fingerprint density at radius 2 is 2.17 bits per heavy atom. The summed E-state index contributed by atoms with van der Waals surface area (Å²) in [6, 6.07) is 6.99. The van der Waals surface area contributed by atoms with Gasteiger partial charge in [0.2, 0.25) is 0 Å². The lowest BCUT2D eigenvalue weighted by molar-refractivity contribution is 0.0435. The highest BCUT2D eigenvalue weighted by Crippen LogP contribution is 2.30. The topological polar surface area (TPSA) is 21.3 Å². The van der Waals surface area contributed by atoms with E-state index in [1.54, 1.807) is 6.07 Å². The molecule has 0 bridgehead atoms. The molecular formula is C15H22FNO. The number of ether oxygens (including phenoxy) is 1. The molecule has 3 atom stereocenters. The van der Waals surface area contributed by atoms with Gasteiger partial charge in [0.25, 0.3) is 0 Å². The fourth-order valence-corrected chi connectivity index (χ4v) is 2.60. The van der Waals surface area contributed by atoms with Crippen LogP contribution in [-0.4, -0.2) is 18.2 Å². The van der Waals surface area contributed by atoms with Crippen molar-refractivity contribution in [2.24, 2.45) is 0 Å². The second-order valence-electron chi connectivity index (χ2n) is 5.41. The van der Waals surface area contributed by atoms with E-state index in [-0.39, 0.29) is 23.5 Å². The Kier molecular flexibility index (Phi) is 4.03. The molecule has 0 aliphatic carbocycles. The number of nitrogens with one attached hydrogen (secondary N) is 1. The minimum absolute atomic E-state index is 0.0828. The third-order valence-electron chi connectivity index (χ3n) is 3.97. The largest absolute Gasteiger partial charge is 0.372 e. The van der Waals surface area contributed by atoms with Crippen molar-refractivity contribution in [3.8, 4) is 0 Å². The smallest absolute Gasteiger partial charge is 0.129 e. The second-order valence-corrected chi connectivity index (χ2v) is 5.41. The molecule has 0 radical (unpaired) electrons. The molecule has 0 aromatic heterocycles. The summed E-state index contributed by atoms with van der Waals surface area (Å²) in [6.45, 7) is 7.11. The summed E-state index contributed by atoms with van der Waals surface area (Å²) in [7, 11) is 0. The fourth-order valence-electron chi connectivity index (χ4n) is 2.60. The monoisotopic (exact) mass is 251 g/mol. The Morgan fingerprint density at radius 3 is 2.83 bits per heavy atom. The van der Waals surface area contributed by atoms with Crippen molar-refractivity contribution in [3.63, 3.8) is 0 Å². The summed E-state index contributed by atoms with van der Waals surface area (Å²) < 4.78 is 19.7. The molecule has 0 saturated carbocycles. The Labute approximate surface area is 109 Å². The quantitative estimate of drug-likeness (QED) is 0.869. The van der Waals surface area contributed by atoms with E-state index < -0.39 is 0 Å². The molecule has 1 aliphatic rings. The number of benzene rings is 1. The van der Waals surface area contributed by atoms with Crippen LogP contribution in [0, 0.1) is 5.82 Å². The summed E-state index contributed by atoms with van der Waals surface area (Å²) in [5.74, 6) is -0.184. The molecule has 3 unspecified atom stereocenters. The lowest BCUT2D eigenvalue weighted by Crippen LogP contribution is -2.47. The fraction of sp³-hybridized carbons (Fsp3) is 0.600. The molecule has 2 rings (SSSR count). The van der Waals surface area contributed by atoms with Crippen molar-refractivity contribution >= 4 is 0 Å². The van der Waals surface area contributed by atoms with Crippen LogP contribution in [0.15, 0.2) is 24.3 Å². The minimum Gasteiger partial charge on any atom is -0.372 e. The molecule has 1 aromatic carbocycles. The van der Waals surface area contributed by atoms with Gasteiger partial charge in [-0.3, -0.25) is 0 Å². The van der Waals surface area contributed by atoms with E-state index in [0.717, 1.165) is 12.8 Å². The van der Waals surface area contributed by atoms with Crippen molar-refractivity contribution in [1.82, 2.24) is 5.32 Å². The van der Waals surface area contributed by atoms with Gasteiger partial charge in [0.1, 0.15) is 11.9 Å². The van der Waals surface area contributed by atoms with Crippen LogP contribution < -0.4 is 5.32 Å². The number of hydrogen-bond acceptors (Lipinski definition) is 2. The van der Waals surface area contributed by atoms with E-state index in [2.05, 4.69) is 26.1 Å². The predicted octanol–water partition coefficient (Wildman–Crippen LogP) is 3.43. The van der Waals surface area contributed by atoms with Gasteiger partial charge in [-0.25, -0.2) is 4.39 Å². The van der Waals surface area contributed by atoms with Gasteiger partial charge in [0.15, 0.2) is 0 Å². The number of rotatable bonds is 2. The SMILES string of the molecule is CCC1(C)CCOC(c2ccccc2F)C(C)N1. The summed E-state index contributed by atoms with van der Waals surface area (Å²) >= 11 is 0. The highest BCUT2D eigenvalue weighted by molar-refractivity contribution is 5.21. The molecular weight excluding hydrogens is 229 g/mol. The van der Waals surface area contributed by atoms with Crippen LogP contribution in [0.25, 0.3) is 0 Å². The predicted molar refractivity (Wildman–Crippen MR) is 71.0 cm³/mol. The molecule has 1 aromatic rings. The van der Waals surface area contributed by atoms with Crippen LogP contribution in [-0.2, 0) is 4.74 Å². The third-order valence-corrected chi connectivity index (χ3v) is 3.97. The molecule has 1 N–H and O–H groups in total. The molecule has 3 heteroatoms. The van der Waals surface area contributed by atoms with Gasteiger partial charge >= 0.3 is 0 Å². The zero-order chi connectivity index (χ0) is 13.2. The van der Waals surface area contributed by atoms with Crippen LogP contribution in [0.3, 0.4) is 0 Å². The summed E-state index contributed by atoms with van der Waals surface area (Å²) in [5.41, 5.74) is 0.734. The third kappa shape index (κ3) is 2.73. The van der Waals surface area contributed by atoms with Gasteiger partial charge in [-0.05, 0) is 32.8 Å². The van der Waals surface area contributed by atoms with Gasteiger partial charge in [-0.2, -0.15) is 0 Å². The average Bonchev–Trinajstić information content (AvgIpc) is 2.50.